The summed E-state index contributed by atoms with van der Waals surface area (Å²) in [7, 11) is 0. The molecule has 60 valence electrons. The highest BCUT2D eigenvalue weighted by atomic mass is 16.5. The molecule has 0 bridgehead atoms. The Bertz CT molecular complexity index is 263. The van der Waals surface area contributed by atoms with E-state index >= 15 is 0 Å². The molecule has 1 saturated heterocycles. The molecule has 0 amide bonds. The molecule has 0 saturated carbocycles. The van der Waals surface area contributed by atoms with Gasteiger partial charge in [0.2, 0.25) is 0 Å². The SMILES string of the molecule is Cc1c[nH]c(C2(C)COC2)n1. The summed E-state index contributed by atoms with van der Waals surface area (Å²) in [5, 5.41) is 0. The molecular formula is C8H12N2O. The van der Waals surface area contributed by atoms with E-state index in [1.54, 1.807) is 0 Å². The second-order valence-electron chi connectivity index (χ2n) is 3.44. The van der Waals surface area contributed by atoms with Gasteiger partial charge in [-0.25, -0.2) is 4.98 Å². The topological polar surface area (TPSA) is 37.9 Å². The summed E-state index contributed by atoms with van der Waals surface area (Å²) in [4.78, 5) is 7.53. The Morgan fingerprint density at radius 2 is 2.36 bits per heavy atom. The summed E-state index contributed by atoms with van der Waals surface area (Å²) in [6.07, 6.45) is 1.93. The van der Waals surface area contributed by atoms with Crippen LogP contribution in [0.1, 0.15) is 18.4 Å². The van der Waals surface area contributed by atoms with Crippen molar-refractivity contribution in [2.75, 3.05) is 13.2 Å². The first-order valence-corrected chi connectivity index (χ1v) is 3.81. The molecule has 0 atom stereocenters. The van der Waals surface area contributed by atoms with Crippen molar-refractivity contribution in [3.63, 3.8) is 0 Å². The fourth-order valence-corrected chi connectivity index (χ4v) is 1.27. The van der Waals surface area contributed by atoms with E-state index in [0.29, 0.717) is 0 Å². The monoisotopic (exact) mass is 152 g/mol. The van der Waals surface area contributed by atoms with Gasteiger partial charge in [0.25, 0.3) is 0 Å². The highest BCUT2D eigenvalue weighted by Crippen LogP contribution is 2.28. The lowest BCUT2D eigenvalue weighted by atomic mass is 9.88. The Morgan fingerprint density at radius 1 is 1.64 bits per heavy atom. The van der Waals surface area contributed by atoms with Crippen molar-refractivity contribution in [2.24, 2.45) is 0 Å². The molecule has 3 nitrogen and oxygen atoms in total. The van der Waals surface area contributed by atoms with Crippen LogP contribution in [0.3, 0.4) is 0 Å². The smallest absolute Gasteiger partial charge is 0.116 e. The molecule has 1 aliphatic heterocycles. The Labute approximate surface area is 65.8 Å². The number of imidazole rings is 1. The Kier molecular flexibility index (Phi) is 1.29. The number of hydrogen-bond donors (Lipinski definition) is 1. The summed E-state index contributed by atoms with van der Waals surface area (Å²) in [6.45, 7) is 5.73. The molecule has 2 rings (SSSR count). The highest BCUT2D eigenvalue weighted by molar-refractivity contribution is 5.13. The minimum absolute atomic E-state index is 0.147. The van der Waals surface area contributed by atoms with Crippen LogP contribution >= 0.6 is 0 Å². The predicted molar refractivity (Wildman–Crippen MR) is 41.5 cm³/mol. The third-order valence-corrected chi connectivity index (χ3v) is 2.12. The fraction of sp³-hybridized carbons (Fsp3) is 0.625. The van der Waals surface area contributed by atoms with Crippen molar-refractivity contribution in [1.29, 1.82) is 0 Å². The zero-order valence-corrected chi connectivity index (χ0v) is 6.85. The maximum atomic E-state index is 5.14. The second-order valence-corrected chi connectivity index (χ2v) is 3.44. The zero-order valence-electron chi connectivity index (χ0n) is 6.85. The number of aryl methyl sites for hydroxylation is 1. The maximum Gasteiger partial charge on any atom is 0.116 e. The highest BCUT2D eigenvalue weighted by Gasteiger charge is 2.37. The first kappa shape index (κ1) is 6.85. The van der Waals surface area contributed by atoms with Crippen molar-refractivity contribution < 1.29 is 4.74 Å². The van der Waals surface area contributed by atoms with Crippen LogP contribution in [0.4, 0.5) is 0 Å². The molecule has 11 heavy (non-hydrogen) atoms. The van der Waals surface area contributed by atoms with Gasteiger partial charge in [-0.2, -0.15) is 0 Å². The van der Waals surface area contributed by atoms with Crippen molar-refractivity contribution in [2.45, 2.75) is 19.3 Å². The summed E-state index contributed by atoms with van der Waals surface area (Å²) in [5.74, 6) is 1.06. The average molecular weight is 152 g/mol. The van der Waals surface area contributed by atoms with E-state index < -0.39 is 0 Å². The molecule has 0 unspecified atom stereocenters. The summed E-state index contributed by atoms with van der Waals surface area (Å²) in [5.41, 5.74) is 1.20. The molecule has 1 fully saturated rings. The normalized spacial score (nSPS) is 21.3. The first-order chi connectivity index (χ1) is 5.21. The van der Waals surface area contributed by atoms with Crippen LogP contribution < -0.4 is 0 Å². The van der Waals surface area contributed by atoms with Crippen LogP contribution in [0, 0.1) is 6.92 Å². The summed E-state index contributed by atoms with van der Waals surface area (Å²) in [6, 6.07) is 0. The van der Waals surface area contributed by atoms with Gasteiger partial charge in [0.15, 0.2) is 0 Å². The zero-order chi connectivity index (χ0) is 7.90. The molecule has 1 aromatic heterocycles. The van der Waals surface area contributed by atoms with E-state index in [1.165, 1.54) is 0 Å². The molecule has 0 spiro atoms. The van der Waals surface area contributed by atoms with Gasteiger partial charge in [0, 0.05) is 6.20 Å². The van der Waals surface area contributed by atoms with Crippen molar-refractivity contribution in [1.82, 2.24) is 9.97 Å². The molecule has 1 N–H and O–H groups in total. The van der Waals surface area contributed by atoms with E-state index in [1.807, 2.05) is 13.1 Å². The quantitative estimate of drug-likeness (QED) is 0.652. The number of hydrogen-bond acceptors (Lipinski definition) is 2. The van der Waals surface area contributed by atoms with Crippen LogP contribution in [0.5, 0.6) is 0 Å². The van der Waals surface area contributed by atoms with E-state index in [4.69, 9.17) is 4.74 Å². The van der Waals surface area contributed by atoms with Crippen LogP contribution in [0.2, 0.25) is 0 Å². The second kappa shape index (κ2) is 2.08. The van der Waals surface area contributed by atoms with Crippen molar-refractivity contribution in [3.05, 3.63) is 17.7 Å². The molecular weight excluding hydrogens is 140 g/mol. The van der Waals surface area contributed by atoms with Gasteiger partial charge in [-0.3, -0.25) is 0 Å². The molecule has 3 heteroatoms. The first-order valence-electron chi connectivity index (χ1n) is 3.81. The number of aromatic amines is 1. The molecule has 2 heterocycles. The van der Waals surface area contributed by atoms with Crippen LogP contribution in [-0.4, -0.2) is 23.2 Å². The molecule has 0 aliphatic carbocycles. The lowest BCUT2D eigenvalue weighted by Gasteiger charge is -2.35. The molecule has 0 radical (unpaired) electrons. The van der Waals surface area contributed by atoms with E-state index in [9.17, 15) is 0 Å². The average Bonchev–Trinajstić information content (AvgIpc) is 2.31. The standard InChI is InChI=1S/C8H12N2O/c1-6-3-9-7(10-6)8(2)4-11-5-8/h3H,4-5H2,1-2H3,(H,9,10). The van der Waals surface area contributed by atoms with E-state index in [2.05, 4.69) is 16.9 Å². The Morgan fingerprint density at radius 3 is 2.73 bits per heavy atom. The third-order valence-electron chi connectivity index (χ3n) is 2.12. The number of aromatic nitrogens is 2. The molecule has 1 aromatic rings. The fourth-order valence-electron chi connectivity index (χ4n) is 1.27. The molecule has 1 aliphatic rings. The van der Waals surface area contributed by atoms with Gasteiger partial charge in [0.1, 0.15) is 5.82 Å². The van der Waals surface area contributed by atoms with Gasteiger partial charge >= 0.3 is 0 Å². The number of nitrogens with zero attached hydrogens (tertiary/aromatic N) is 1. The lowest BCUT2D eigenvalue weighted by molar-refractivity contribution is -0.0539. The number of H-pyrrole nitrogens is 1. The van der Waals surface area contributed by atoms with Gasteiger partial charge in [0.05, 0.1) is 24.3 Å². The minimum atomic E-state index is 0.147. The van der Waals surface area contributed by atoms with Crippen LogP contribution in [0.25, 0.3) is 0 Å². The van der Waals surface area contributed by atoms with Gasteiger partial charge < -0.3 is 9.72 Å². The van der Waals surface area contributed by atoms with Gasteiger partial charge in [-0.1, -0.05) is 0 Å². The maximum absolute atomic E-state index is 5.14. The predicted octanol–water partition coefficient (Wildman–Crippen LogP) is 1.01. The lowest BCUT2D eigenvalue weighted by Crippen LogP contribution is -2.44. The number of ether oxygens (including phenoxy) is 1. The minimum Gasteiger partial charge on any atom is -0.379 e. The number of rotatable bonds is 1. The van der Waals surface area contributed by atoms with Crippen LogP contribution in [-0.2, 0) is 10.2 Å². The van der Waals surface area contributed by atoms with Gasteiger partial charge in [-0.15, -0.1) is 0 Å². The summed E-state index contributed by atoms with van der Waals surface area (Å²) < 4.78 is 5.14. The van der Waals surface area contributed by atoms with E-state index in [-0.39, 0.29) is 5.41 Å². The number of nitrogens with one attached hydrogen (secondary N) is 1. The van der Waals surface area contributed by atoms with Crippen molar-refractivity contribution in [3.8, 4) is 0 Å². The van der Waals surface area contributed by atoms with Crippen LogP contribution in [0.15, 0.2) is 6.20 Å². The van der Waals surface area contributed by atoms with Gasteiger partial charge in [-0.05, 0) is 13.8 Å². The van der Waals surface area contributed by atoms with E-state index in [0.717, 1.165) is 24.7 Å². The largest absolute Gasteiger partial charge is 0.379 e. The Hall–Kier alpha value is -0.830. The summed E-state index contributed by atoms with van der Waals surface area (Å²) >= 11 is 0. The van der Waals surface area contributed by atoms with Crippen molar-refractivity contribution >= 4 is 0 Å². The Balaban J connectivity index is 2.28. The molecule has 0 aromatic carbocycles. The third kappa shape index (κ3) is 0.959.